The molecule has 0 saturated carbocycles. The van der Waals surface area contributed by atoms with E-state index in [1.807, 2.05) is 18.3 Å². The molecule has 2 aromatic carbocycles. The van der Waals surface area contributed by atoms with Crippen LogP contribution in [0.25, 0.3) is 11.4 Å². The van der Waals surface area contributed by atoms with E-state index in [1.165, 1.54) is 12.1 Å². The minimum atomic E-state index is -2.81. The summed E-state index contributed by atoms with van der Waals surface area (Å²) in [5, 5.41) is 0. The number of rotatable bonds is 6. The molecular formula is C26H30F3N3. The van der Waals surface area contributed by atoms with Gasteiger partial charge in [-0.2, -0.15) is 0 Å². The summed E-state index contributed by atoms with van der Waals surface area (Å²) in [6.07, 6.45) is 5.80. The number of nitrogens with zero attached hydrogens (tertiary/aromatic N) is 2. The summed E-state index contributed by atoms with van der Waals surface area (Å²) in [4.78, 5) is 10.3. The summed E-state index contributed by atoms with van der Waals surface area (Å²) in [7, 11) is 0. The smallest absolute Gasteiger partial charge is 0.270 e. The van der Waals surface area contributed by atoms with Gasteiger partial charge in [-0.15, -0.1) is 0 Å². The van der Waals surface area contributed by atoms with Crippen molar-refractivity contribution in [3.63, 3.8) is 0 Å². The quantitative estimate of drug-likeness (QED) is 0.477. The monoisotopic (exact) mass is 441 g/mol. The van der Waals surface area contributed by atoms with E-state index in [-0.39, 0.29) is 11.4 Å². The second kappa shape index (κ2) is 9.49. The fraction of sp³-hybridized carbons (Fsp3) is 0.423. The molecule has 32 heavy (non-hydrogen) atoms. The zero-order chi connectivity index (χ0) is 22.7. The molecule has 0 spiro atoms. The van der Waals surface area contributed by atoms with Crippen LogP contribution in [0.1, 0.15) is 54.5 Å². The Hall–Kier alpha value is -2.60. The lowest BCUT2D eigenvalue weighted by atomic mass is 9.98. The molecule has 170 valence electrons. The maximum atomic E-state index is 13.9. The van der Waals surface area contributed by atoms with Crippen LogP contribution in [0, 0.1) is 12.7 Å². The van der Waals surface area contributed by atoms with Crippen molar-refractivity contribution in [2.75, 3.05) is 19.6 Å². The van der Waals surface area contributed by atoms with E-state index in [0.29, 0.717) is 17.3 Å². The summed E-state index contributed by atoms with van der Waals surface area (Å²) in [5.41, 5.74) is 3.51. The molecule has 4 rings (SSSR count). The van der Waals surface area contributed by atoms with E-state index < -0.39 is 5.92 Å². The van der Waals surface area contributed by atoms with Gasteiger partial charge in [-0.05, 0) is 69.0 Å². The predicted molar refractivity (Wildman–Crippen MR) is 121 cm³/mol. The highest BCUT2D eigenvalue weighted by Gasteiger charge is 2.24. The lowest BCUT2D eigenvalue weighted by Crippen LogP contribution is -2.27. The molecule has 1 aliphatic rings. The Bertz CT molecular complexity index is 1050. The Morgan fingerprint density at radius 3 is 2.75 bits per heavy atom. The SMILES string of the molecule is Cc1ccc(-c2ncc(C3CCCN(CCc4cccc(C(C)(F)F)c4)CC3)[nH]2)cc1F. The Labute approximate surface area is 187 Å². The van der Waals surface area contributed by atoms with Gasteiger partial charge in [0.15, 0.2) is 0 Å². The number of H-pyrrole nitrogens is 1. The van der Waals surface area contributed by atoms with E-state index in [4.69, 9.17) is 0 Å². The summed E-state index contributed by atoms with van der Waals surface area (Å²) in [5.74, 6) is -1.94. The molecule has 3 aromatic rings. The molecule has 2 heterocycles. The Morgan fingerprint density at radius 2 is 1.97 bits per heavy atom. The zero-order valence-electron chi connectivity index (χ0n) is 18.7. The standard InChI is InChI=1S/C26H30F3N3/c1-18-8-9-21(16-23(18)27)25-30-17-24(31-25)20-6-4-12-32(14-11-20)13-10-19-5-3-7-22(15-19)26(2,28)29/h3,5,7-9,15-17,20H,4,6,10-14H2,1-2H3,(H,30,31). The van der Waals surface area contributed by atoms with Crippen LogP contribution in [0.2, 0.25) is 0 Å². The molecule has 1 N–H and O–H groups in total. The number of hydrogen-bond donors (Lipinski definition) is 1. The van der Waals surface area contributed by atoms with Gasteiger partial charge in [0.05, 0.1) is 0 Å². The Kier molecular flexibility index (Phi) is 6.70. The van der Waals surface area contributed by atoms with E-state index >= 15 is 0 Å². The molecule has 3 nitrogen and oxygen atoms in total. The molecular weight excluding hydrogens is 411 g/mol. The first-order chi connectivity index (χ1) is 15.3. The number of hydrogen-bond acceptors (Lipinski definition) is 2. The average Bonchev–Trinajstić information content (AvgIpc) is 3.13. The van der Waals surface area contributed by atoms with Gasteiger partial charge in [0.2, 0.25) is 0 Å². The van der Waals surface area contributed by atoms with Gasteiger partial charge in [0, 0.05) is 42.4 Å². The van der Waals surface area contributed by atoms with Gasteiger partial charge in [-0.25, -0.2) is 18.2 Å². The molecule has 1 atom stereocenters. The number of aryl methyl sites for hydroxylation is 1. The van der Waals surface area contributed by atoms with E-state index in [2.05, 4.69) is 14.9 Å². The van der Waals surface area contributed by atoms with Crippen LogP contribution >= 0.6 is 0 Å². The van der Waals surface area contributed by atoms with Crippen LogP contribution in [-0.4, -0.2) is 34.5 Å². The summed E-state index contributed by atoms with van der Waals surface area (Å²) >= 11 is 0. The summed E-state index contributed by atoms with van der Waals surface area (Å²) in [6.45, 7) is 5.52. The summed E-state index contributed by atoms with van der Waals surface area (Å²) in [6, 6.07) is 11.9. The number of likely N-dealkylation sites (tertiary alicyclic amines) is 1. The zero-order valence-corrected chi connectivity index (χ0v) is 18.7. The largest absolute Gasteiger partial charge is 0.342 e. The molecule has 1 unspecified atom stereocenters. The third-order valence-corrected chi connectivity index (χ3v) is 6.45. The molecule has 0 bridgehead atoms. The highest BCUT2D eigenvalue weighted by molar-refractivity contribution is 5.56. The number of aromatic amines is 1. The maximum absolute atomic E-state index is 13.9. The van der Waals surface area contributed by atoms with Crippen molar-refractivity contribution in [2.24, 2.45) is 0 Å². The van der Waals surface area contributed by atoms with Crippen LogP contribution in [0.4, 0.5) is 13.2 Å². The minimum Gasteiger partial charge on any atom is -0.342 e. The van der Waals surface area contributed by atoms with Crippen molar-refractivity contribution in [3.05, 3.63) is 76.9 Å². The second-order valence-corrected chi connectivity index (χ2v) is 8.96. The number of imidazole rings is 1. The van der Waals surface area contributed by atoms with Crippen LogP contribution in [0.5, 0.6) is 0 Å². The number of aromatic nitrogens is 2. The van der Waals surface area contributed by atoms with Crippen LogP contribution in [0.3, 0.4) is 0 Å². The fourth-order valence-corrected chi connectivity index (χ4v) is 4.41. The predicted octanol–water partition coefficient (Wildman–Crippen LogP) is 6.45. The van der Waals surface area contributed by atoms with Crippen LogP contribution in [0.15, 0.2) is 48.7 Å². The molecule has 6 heteroatoms. The number of benzene rings is 2. The van der Waals surface area contributed by atoms with Crippen LogP contribution in [-0.2, 0) is 12.3 Å². The highest BCUT2D eigenvalue weighted by Crippen LogP contribution is 2.30. The van der Waals surface area contributed by atoms with Crippen molar-refractivity contribution >= 4 is 0 Å². The molecule has 1 aliphatic heterocycles. The van der Waals surface area contributed by atoms with Gasteiger partial charge >= 0.3 is 0 Å². The Morgan fingerprint density at radius 1 is 1.12 bits per heavy atom. The van der Waals surface area contributed by atoms with Gasteiger partial charge in [-0.1, -0.05) is 30.3 Å². The third-order valence-electron chi connectivity index (χ3n) is 6.45. The van der Waals surface area contributed by atoms with Gasteiger partial charge in [0.1, 0.15) is 11.6 Å². The first-order valence-electron chi connectivity index (χ1n) is 11.3. The van der Waals surface area contributed by atoms with Gasteiger partial charge in [-0.3, -0.25) is 0 Å². The van der Waals surface area contributed by atoms with Gasteiger partial charge < -0.3 is 9.88 Å². The van der Waals surface area contributed by atoms with Crippen molar-refractivity contribution in [1.82, 2.24) is 14.9 Å². The average molecular weight is 442 g/mol. The van der Waals surface area contributed by atoms with Gasteiger partial charge in [0.25, 0.3) is 5.92 Å². The summed E-state index contributed by atoms with van der Waals surface area (Å²) < 4.78 is 41.1. The number of nitrogens with one attached hydrogen (secondary N) is 1. The Balaban J connectivity index is 1.35. The van der Waals surface area contributed by atoms with Crippen molar-refractivity contribution in [3.8, 4) is 11.4 Å². The molecule has 1 aromatic heterocycles. The van der Waals surface area contributed by atoms with E-state index in [0.717, 1.165) is 69.1 Å². The molecule has 0 radical (unpaired) electrons. The number of alkyl halides is 2. The highest BCUT2D eigenvalue weighted by atomic mass is 19.3. The minimum absolute atomic E-state index is 0.0782. The molecule has 0 aliphatic carbocycles. The van der Waals surface area contributed by atoms with E-state index in [9.17, 15) is 13.2 Å². The second-order valence-electron chi connectivity index (χ2n) is 8.96. The molecule has 0 amide bonds. The lowest BCUT2D eigenvalue weighted by molar-refractivity contribution is 0.0174. The molecule has 1 fully saturated rings. The number of halogens is 3. The van der Waals surface area contributed by atoms with Crippen molar-refractivity contribution in [2.45, 2.75) is 51.4 Å². The third kappa shape index (κ3) is 5.41. The first kappa shape index (κ1) is 22.6. The lowest BCUT2D eigenvalue weighted by Gasteiger charge is -2.20. The maximum Gasteiger partial charge on any atom is 0.270 e. The molecule has 1 saturated heterocycles. The fourth-order valence-electron chi connectivity index (χ4n) is 4.41. The van der Waals surface area contributed by atoms with Crippen molar-refractivity contribution in [1.29, 1.82) is 0 Å². The first-order valence-corrected chi connectivity index (χ1v) is 11.3. The van der Waals surface area contributed by atoms with E-state index in [1.54, 1.807) is 25.1 Å². The van der Waals surface area contributed by atoms with Crippen molar-refractivity contribution < 1.29 is 13.2 Å². The van der Waals surface area contributed by atoms with Crippen LogP contribution < -0.4 is 0 Å². The normalized spacial score (nSPS) is 18.0. The topological polar surface area (TPSA) is 31.9 Å².